The molecular weight excluding hydrogens is 1020 g/mol. The molecule has 0 saturated carbocycles. The van der Waals surface area contributed by atoms with Crippen LogP contribution in [0.25, 0.3) is 142 Å². The molecule has 6 heteroatoms. The highest BCUT2D eigenvalue weighted by Gasteiger charge is 2.32. The van der Waals surface area contributed by atoms with Crippen LogP contribution in [0.4, 0.5) is 34.1 Å². The molecule has 0 bridgehead atoms. The summed E-state index contributed by atoms with van der Waals surface area (Å²) in [7, 11) is 0. The lowest BCUT2D eigenvalue weighted by Gasteiger charge is -2.26. The second-order valence-electron chi connectivity index (χ2n) is 22.2. The molecule has 0 saturated heterocycles. The second-order valence-corrected chi connectivity index (χ2v) is 22.2. The summed E-state index contributed by atoms with van der Waals surface area (Å²) in [6.07, 6.45) is 0. The fourth-order valence-corrected chi connectivity index (χ4v) is 14.6. The third-order valence-corrected chi connectivity index (χ3v) is 17.9. The predicted molar refractivity (Wildman–Crippen MR) is 351 cm³/mol. The Morgan fingerprint density at radius 1 is 0.238 bits per heavy atom. The van der Waals surface area contributed by atoms with Gasteiger partial charge in [0.05, 0.1) is 55.2 Å². The van der Waals surface area contributed by atoms with Crippen LogP contribution in [0.15, 0.2) is 288 Å². The largest absolute Gasteiger partial charge is 0.456 e. The summed E-state index contributed by atoms with van der Waals surface area (Å²) in [5.41, 5.74) is 21.6. The Balaban J connectivity index is 0.963. The summed E-state index contributed by atoms with van der Waals surface area (Å²) >= 11 is 0. The molecule has 0 spiro atoms. The van der Waals surface area contributed by atoms with E-state index in [4.69, 9.17) is 8.83 Å². The lowest BCUT2D eigenvalue weighted by molar-refractivity contribution is 0.668. The first-order valence-electron chi connectivity index (χ1n) is 28.7. The second kappa shape index (κ2) is 17.1. The van der Waals surface area contributed by atoms with E-state index < -0.39 is 0 Å². The molecular formula is C78H46N4O2. The molecule has 0 unspecified atom stereocenters. The van der Waals surface area contributed by atoms with E-state index in [2.05, 4.69) is 286 Å². The van der Waals surface area contributed by atoms with Gasteiger partial charge in [0.1, 0.15) is 22.3 Å². The SMILES string of the molecule is c1ccc(-c2c3c4cccc5c6ccc(N(c7ccccc7)c7cccc8oc9ccccc9c78)cc6n(c3c(-c3ccccc3)c3c6cccc7c8ccc(N(c9ccccc9)c9cccc%10oc%11ccccc%11c9%10)cc8n(c23)c76)c54)cc1. The first-order chi connectivity index (χ1) is 41.7. The normalized spacial score (nSPS) is 12.3. The van der Waals surface area contributed by atoms with Gasteiger partial charge in [-0.3, -0.25) is 0 Å². The predicted octanol–water partition coefficient (Wildman–Crippen LogP) is 22.1. The third-order valence-electron chi connectivity index (χ3n) is 17.9. The van der Waals surface area contributed by atoms with Crippen molar-refractivity contribution in [3.8, 4) is 22.3 Å². The Bertz CT molecular complexity index is 5490. The highest BCUT2D eigenvalue weighted by molar-refractivity contribution is 6.38. The van der Waals surface area contributed by atoms with E-state index in [1.807, 2.05) is 12.1 Å². The summed E-state index contributed by atoms with van der Waals surface area (Å²) in [6, 6.07) is 101. The maximum atomic E-state index is 6.55. The van der Waals surface area contributed by atoms with Crippen molar-refractivity contribution in [2.75, 3.05) is 9.80 Å². The van der Waals surface area contributed by atoms with Crippen molar-refractivity contribution in [2.24, 2.45) is 0 Å². The molecule has 0 fully saturated rings. The summed E-state index contributed by atoms with van der Waals surface area (Å²) in [5, 5.41) is 14.1. The van der Waals surface area contributed by atoms with Gasteiger partial charge in [0.2, 0.25) is 0 Å². The number of para-hydroxylation sites is 6. The summed E-state index contributed by atoms with van der Waals surface area (Å²) < 4.78 is 18.3. The molecule has 0 aliphatic rings. The molecule has 0 amide bonds. The Kier molecular flexibility index (Phi) is 9.24. The molecule has 6 aromatic heterocycles. The Labute approximate surface area is 480 Å². The van der Waals surface area contributed by atoms with E-state index in [9.17, 15) is 0 Å². The van der Waals surface area contributed by atoms with Gasteiger partial charge in [-0.15, -0.1) is 0 Å². The smallest absolute Gasteiger partial charge is 0.137 e. The minimum Gasteiger partial charge on any atom is -0.456 e. The van der Waals surface area contributed by atoms with Gasteiger partial charge in [-0.05, 0) is 96.1 Å². The zero-order chi connectivity index (χ0) is 54.7. The molecule has 0 aliphatic carbocycles. The van der Waals surface area contributed by atoms with E-state index >= 15 is 0 Å². The molecule has 6 nitrogen and oxygen atoms in total. The zero-order valence-electron chi connectivity index (χ0n) is 45.2. The van der Waals surface area contributed by atoms with Crippen LogP contribution in [0.3, 0.4) is 0 Å². The van der Waals surface area contributed by atoms with Crippen LogP contribution in [0.2, 0.25) is 0 Å². The number of hydrogen-bond donors (Lipinski definition) is 0. The average molecular weight is 1070 g/mol. The fraction of sp³-hybridized carbons (Fsp3) is 0. The molecule has 13 aromatic carbocycles. The summed E-state index contributed by atoms with van der Waals surface area (Å²) in [4.78, 5) is 4.82. The van der Waals surface area contributed by atoms with Crippen molar-refractivity contribution in [3.05, 3.63) is 279 Å². The summed E-state index contributed by atoms with van der Waals surface area (Å²) in [6.45, 7) is 0. The van der Waals surface area contributed by atoms with Crippen LogP contribution >= 0.6 is 0 Å². The van der Waals surface area contributed by atoms with Gasteiger partial charge in [0, 0.05) is 87.7 Å². The van der Waals surface area contributed by atoms with Crippen molar-refractivity contribution in [2.45, 2.75) is 0 Å². The van der Waals surface area contributed by atoms with Crippen LogP contribution in [0.1, 0.15) is 0 Å². The van der Waals surface area contributed by atoms with E-state index in [0.29, 0.717) is 0 Å². The van der Waals surface area contributed by atoms with Gasteiger partial charge in [-0.2, -0.15) is 0 Å². The molecule has 19 aromatic rings. The van der Waals surface area contributed by atoms with Crippen molar-refractivity contribution in [1.82, 2.24) is 8.80 Å². The maximum absolute atomic E-state index is 6.55. The topological polar surface area (TPSA) is 41.6 Å². The number of nitrogens with zero attached hydrogens (tertiary/aromatic N) is 4. The number of hydrogen-bond acceptors (Lipinski definition) is 4. The van der Waals surface area contributed by atoms with E-state index in [1.54, 1.807) is 0 Å². The molecule has 0 radical (unpaired) electrons. The van der Waals surface area contributed by atoms with Crippen molar-refractivity contribution in [1.29, 1.82) is 0 Å². The molecule has 390 valence electrons. The Morgan fingerprint density at radius 2 is 0.595 bits per heavy atom. The van der Waals surface area contributed by atoms with Crippen molar-refractivity contribution >= 4 is 154 Å². The maximum Gasteiger partial charge on any atom is 0.137 e. The number of aromatic nitrogens is 2. The molecule has 0 atom stereocenters. The first kappa shape index (κ1) is 45.4. The zero-order valence-corrected chi connectivity index (χ0v) is 45.2. The highest BCUT2D eigenvalue weighted by atomic mass is 16.3. The van der Waals surface area contributed by atoms with Crippen molar-refractivity contribution in [3.63, 3.8) is 0 Å². The first-order valence-corrected chi connectivity index (χ1v) is 28.7. The van der Waals surface area contributed by atoms with Gasteiger partial charge in [0.25, 0.3) is 0 Å². The fourth-order valence-electron chi connectivity index (χ4n) is 14.6. The Hall–Kier alpha value is -11.3. The van der Waals surface area contributed by atoms with Crippen LogP contribution in [-0.4, -0.2) is 8.80 Å². The van der Waals surface area contributed by atoms with Crippen LogP contribution in [0, 0.1) is 0 Å². The van der Waals surface area contributed by atoms with Gasteiger partial charge in [-0.25, -0.2) is 0 Å². The minimum atomic E-state index is 0.856. The van der Waals surface area contributed by atoms with Gasteiger partial charge < -0.3 is 27.4 Å². The van der Waals surface area contributed by atoms with Gasteiger partial charge >= 0.3 is 0 Å². The molecule has 6 heterocycles. The number of anilines is 6. The van der Waals surface area contributed by atoms with Gasteiger partial charge in [-0.1, -0.05) is 194 Å². The van der Waals surface area contributed by atoms with E-state index in [0.717, 1.165) is 100 Å². The standard InChI is InChI=1S/C78H46N4O2/c1-5-21-47(22-6-1)69-73-59-33-17-31-55-54-44-42-52(80(50-27-11-4-12-28-50)62-36-20-40-68-72(62)58-30-14-16-38-66(58)84-68)46-64(54)82(75(55)59)78(73)70(48-23-7-2-8-24-48)74-60-34-18-32-56-53-43-41-51(45-63(53)81(76(56)60)77(69)74)79(49-25-9-3-10-26-49)61-35-19-39-67-71(61)57-29-13-15-37-65(57)83-67/h1-46H. The molecule has 84 heavy (non-hydrogen) atoms. The number of rotatable bonds is 8. The lowest BCUT2D eigenvalue weighted by atomic mass is 9.89. The molecule has 0 N–H and O–H groups in total. The van der Waals surface area contributed by atoms with E-state index in [-0.39, 0.29) is 0 Å². The van der Waals surface area contributed by atoms with Crippen LogP contribution < -0.4 is 9.80 Å². The lowest BCUT2D eigenvalue weighted by Crippen LogP contribution is -2.10. The Morgan fingerprint density at radius 3 is 1.04 bits per heavy atom. The number of fused-ring (bicyclic) bond motifs is 18. The van der Waals surface area contributed by atoms with Gasteiger partial charge in [0.15, 0.2) is 0 Å². The molecule has 19 rings (SSSR count). The third kappa shape index (κ3) is 6.12. The monoisotopic (exact) mass is 1070 g/mol. The quantitative estimate of drug-likeness (QED) is 0.152. The van der Waals surface area contributed by atoms with Crippen LogP contribution in [0.5, 0.6) is 0 Å². The summed E-state index contributed by atoms with van der Waals surface area (Å²) in [5.74, 6) is 0. The van der Waals surface area contributed by atoms with E-state index in [1.165, 1.54) is 76.3 Å². The molecule has 0 aliphatic heterocycles. The highest BCUT2D eigenvalue weighted by Crippen LogP contribution is 2.55. The number of furan rings is 2. The van der Waals surface area contributed by atoms with Crippen LogP contribution in [-0.2, 0) is 0 Å². The average Bonchev–Trinajstić information content (AvgIpc) is 1.77. The van der Waals surface area contributed by atoms with Crippen molar-refractivity contribution < 1.29 is 8.83 Å². The minimum absolute atomic E-state index is 0.856. The number of benzene rings is 13.